The molecule has 106 valence electrons. The van der Waals surface area contributed by atoms with Gasteiger partial charge in [-0.3, -0.25) is 5.32 Å². The number of carbonyl (C=O) groups is 2. The first-order valence-corrected chi connectivity index (χ1v) is 6.68. The van der Waals surface area contributed by atoms with Gasteiger partial charge in [0.2, 0.25) is 5.13 Å². The maximum atomic E-state index is 11.7. The third kappa shape index (κ3) is 4.47. The maximum absolute atomic E-state index is 11.7. The van der Waals surface area contributed by atoms with Crippen molar-refractivity contribution in [3.8, 4) is 0 Å². The van der Waals surface area contributed by atoms with E-state index in [0.717, 1.165) is 11.4 Å². The van der Waals surface area contributed by atoms with Gasteiger partial charge in [-0.25, -0.2) is 9.59 Å². The van der Waals surface area contributed by atoms with Crippen LogP contribution in [-0.2, 0) is 11.2 Å². The molecular weight excluding hydrogens is 268 g/mol. The Morgan fingerprint density at radius 3 is 2.42 bits per heavy atom. The minimum Gasteiger partial charge on any atom is -0.480 e. The second-order valence-corrected chi connectivity index (χ2v) is 6.15. The number of aryl methyl sites for hydroxylation is 1. The largest absolute Gasteiger partial charge is 0.480 e. The average Bonchev–Trinajstić information content (AvgIpc) is 2.71. The molecule has 1 aromatic heterocycles. The minimum absolute atomic E-state index is 0.354. The van der Waals surface area contributed by atoms with Gasteiger partial charge in [-0.05, 0) is 11.8 Å². The zero-order valence-electron chi connectivity index (χ0n) is 11.4. The molecule has 0 fully saturated rings. The third-order valence-electron chi connectivity index (χ3n) is 2.38. The van der Waals surface area contributed by atoms with E-state index in [-0.39, 0.29) is 0 Å². The molecule has 2 amide bonds. The van der Waals surface area contributed by atoms with Crippen LogP contribution in [0.15, 0.2) is 0 Å². The Kier molecular flexibility index (Phi) is 4.82. The topological polar surface area (TPSA) is 104 Å². The van der Waals surface area contributed by atoms with Gasteiger partial charge < -0.3 is 10.4 Å². The van der Waals surface area contributed by atoms with Crippen LogP contribution in [0.1, 0.15) is 32.7 Å². The number of nitrogens with one attached hydrogen (secondary N) is 2. The zero-order chi connectivity index (χ0) is 14.6. The van der Waals surface area contributed by atoms with Gasteiger partial charge in [-0.15, -0.1) is 10.2 Å². The maximum Gasteiger partial charge on any atom is 0.326 e. The van der Waals surface area contributed by atoms with Crippen molar-refractivity contribution < 1.29 is 14.7 Å². The average molecular weight is 286 g/mol. The summed E-state index contributed by atoms with van der Waals surface area (Å²) in [5, 5.41) is 22.8. The van der Waals surface area contributed by atoms with Gasteiger partial charge in [0.1, 0.15) is 11.0 Å². The van der Waals surface area contributed by atoms with E-state index in [1.807, 2.05) is 6.92 Å². The van der Waals surface area contributed by atoms with Crippen molar-refractivity contribution >= 4 is 28.5 Å². The second-order valence-electron chi connectivity index (χ2n) is 5.09. The lowest BCUT2D eigenvalue weighted by molar-refractivity contribution is -0.141. The van der Waals surface area contributed by atoms with Gasteiger partial charge in [-0.1, -0.05) is 39.0 Å². The number of carboxylic acids is 1. The Balaban J connectivity index is 2.65. The molecule has 7 nitrogen and oxygen atoms in total. The number of hydrogen-bond donors (Lipinski definition) is 3. The van der Waals surface area contributed by atoms with Gasteiger partial charge in [0, 0.05) is 0 Å². The van der Waals surface area contributed by atoms with Crippen LogP contribution in [0, 0.1) is 5.41 Å². The van der Waals surface area contributed by atoms with E-state index in [4.69, 9.17) is 5.11 Å². The number of anilines is 1. The first-order valence-electron chi connectivity index (χ1n) is 5.86. The monoisotopic (exact) mass is 286 g/mol. The molecule has 1 rings (SSSR count). The Morgan fingerprint density at radius 1 is 1.37 bits per heavy atom. The van der Waals surface area contributed by atoms with Gasteiger partial charge in [-0.2, -0.15) is 0 Å². The molecule has 0 unspecified atom stereocenters. The lowest BCUT2D eigenvalue weighted by Crippen LogP contribution is -2.50. The number of hydrogen-bond acceptors (Lipinski definition) is 5. The molecule has 1 heterocycles. The standard InChI is InChI=1S/C11H18N4O3S/c1-5-6-14-15-10(19-6)13-9(18)12-7(8(16)17)11(2,3)4/h7H,5H2,1-4H3,(H,16,17)(H2,12,13,15,18)/t7-/m1/s1. The van der Waals surface area contributed by atoms with E-state index in [2.05, 4.69) is 20.8 Å². The number of aromatic nitrogens is 2. The molecule has 3 N–H and O–H groups in total. The van der Waals surface area contributed by atoms with Crippen molar-refractivity contribution in [2.75, 3.05) is 5.32 Å². The molecule has 1 aromatic rings. The Bertz CT molecular complexity index is 467. The molecule has 1 atom stereocenters. The van der Waals surface area contributed by atoms with Crippen LogP contribution in [0.3, 0.4) is 0 Å². The summed E-state index contributed by atoms with van der Waals surface area (Å²) in [7, 11) is 0. The normalized spacial score (nSPS) is 12.8. The van der Waals surface area contributed by atoms with Crippen molar-refractivity contribution in [2.45, 2.75) is 40.2 Å². The van der Waals surface area contributed by atoms with E-state index >= 15 is 0 Å². The first-order chi connectivity index (χ1) is 8.74. The molecule has 0 saturated heterocycles. The summed E-state index contributed by atoms with van der Waals surface area (Å²) < 4.78 is 0. The molecule has 0 aliphatic carbocycles. The molecule has 0 aliphatic heterocycles. The van der Waals surface area contributed by atoms with E-state index in [9.17, 15) is 9.59 Å². The van der Waals surface area contributed by atoms with E-state index in [1.165, 1.54) is 11.3 Å². The fourth-order valence-corrected chi connectivity index (χ4v) is 2.03. The van der Waals surface area contributed by atoms with Crippen LogP contribution >= 0.6 is 11.3 Å². The van der Waals surface area contributed by atoms with Crippen molar-refractivity contribution in [2.24, 2.45) is 5.41 Å². The number of carboxylic acid groups (broad SMARTS) is 1. The summed E-state index contributed by atoms with van der Waals surface area (Å²) in [5.41, 5.74) is -0.584. The quantitative estimate of drug-likeness (QED) is 0.781. The molecule has 0 aliphatic rings. The SMILES string of the molecule is CCc1nnc(NC(=O)N[C@H](C(=O)O)C(C)(C)C)s1. The van der Waals surface area contributed by atoms with Crippen LogP contribution in [0.5, 0.6) is 0 Å². The Labute approximate surface area is 115 Å². The highest BCUT2D eigenvalue weighted by molar-refractivity contribution is 7.15. The van der Waals surface area contributed by atoms with Crippen LogP contribution in [-0.4, -0.2) is 33.3 Å². The van der Waals surface area contributed by atoms with Crippen molar-refractivity contribution in [1.82, 2.24) is 15.5 Å². The lowest BCUT2D eigenvalue weighted by atomic mass is 9.87. The number of aliphatic carboxylic acids is 1. The number of rotatable bonds is 4. The van der Waals surface area contributed by atoms with Crippen LogP contribution in [0.4, 0.5) is 9.93 Å². The van der Waals surface area contributed by atoms with Gasteiger partial charge in [0.25, 0.3) is 0 Å². The van der Waals surface area contributed by atoms with Crippen LogP contribution in [0.25, 0.3) is 0 Å². The zero-order valence-corrected chi connectivity index (χ0v) is 12.2. The molecule has 0 saturated carbocycles. The second kappa shape index (κ2) is 5.96. The highest BCUT2D eigenvalue weighted by Crippen LogP contribution is 2.20. The molecule has 19 heavy (non-hydrogen) atoms. The predicted molar refractivity (Wildman–Crippen MR) is 72.3 cm³/mol. The highest BCUT2D eigenvalue weighted by atomic mass is 32.1. The lowest BCUT2D eigenvalue weighted by Gasteiger charge is -2.27. The first kappa shape index (κ1) is 15.4. The summed E-state index contributed by atoms with van der Waals surface area (Å²) in [6.07, 6.45) is 0.737. The van der Waals surface area contributed by atoms with Crippen molar-refractivity contribution in [3.63, 3.8) is 0 Å². The molecule has 8 heteroatoms. The van der Waals surface area contributed by atoms with E-state index in [1.54, 1.807) is 20.8 Å². The number of carbonyl (C=O) groups excluding carboxylic acids is 1. The van der Waals surface area contributed by atoms with Crippen molar-refractivity contribution in [1.29, 1.82) is 0 Å². The Morgan fingerprint density at radius 2 is 2.00 bits per heavy atom. The highest BCUT2D eigenvalue weighted by Gasteiger charge is 2.32. The molecule has 0 bridgehead atoms. The third-order valence-corrected chi connectivity index (χ3v) is 3.36. The fourth-order valence-electron chi connectivity index (χ4n) is 1.36. The summed E-state index contributed by atoms with van der Waals surface area (Å²) >= 11 is 1.26. The summed E-state index contributed by atoms with van der Waals surface area (Å²) in [6.45, 7) is 7.16. The van der Waals surface area contributed by atoms with Gasteiger partial charge in [0.05, 0.1) is 0 Å². The molecular formula is C11H18N4O3S. The number of nitrogens with zero attached hydrogens (tertiary/aromatic N) is 2. The van der Waals surface area contributed by atoms with Gasteiger partial charge in [0.15, 0.2) is 0 Å². The van der Waals surface area contributed by atoms with Crippen LogP contribution < -0.4 is 10.6 Å². The van der Waals surface area contributed by atoms with E-state index < -0.39 is 23.5 Å². The summed E-state index contributed by atoms with van der Waals surface area (Å²) in [6, 6.07) is -1.58. The summed E-state index contributed by atoms with van der Waals surface area (Å²) in [5.74, 6) is -1.07. The van der Waals surface area contributed by atoms with Crippen molar-refractivity contribution in [3.05, 3.63) is 5.01 Å². The fraction of sp³-hybridized carbons (Fsp3) is 0.636. The smallest absolute Gasteiger partial charge is 0.326 e. The van der Waals surface area contributed by atoms with E-state index in [0.29, 0.717) is 5.13 Å². The minimum atomic E-state index is -1.07. The predicted octanol–water partition coefficient (Wildman–Crippen LogP) is 1.72. The molecule has 0 radical (unpaired) electrons. The Hall–Kier alpha value is -1.70. The van der Waals surface area contributed by atoms with Crippen LogP contribution in [0.2, 0.25) is 0 Å². The summed E-state index contributed by atoms with van der Waals surface area (Å²) in [4.78, 5) is 22.8. The molecule has 0 aromatic carbocycles. The number of urea groups is 1. The molecule has 0 spiro atoms. The van der Waals surface area contributed by atoms with Gasteiger partial charge >= 0.3 is 12.0 Å². The number of amides is 2.